The van der Waals surface area contributed by atoms with Gasteiger partial charge in [0, 0.05) is 19.1 Å². The van der Waals surface area contributed by atoms with Crippen molar-refractivity contribution in [1.29, 1.82) is 0 Å². The summed E-state index contributed by atoms with van der Waals surface area (Å²) in [7, 11) is -1.30. The average molecular weight is 391 g/mol. The molecule has 1 aliphatic rings. The van der Waals surface area contributed by atoms with E-state index in [2.05, 4.69) is 20.5 Å². The zero-order chi connectivity index (χ0) is 19.3. The number of aromatic nitrogens is 3. The van der Waals surface area contributed by atoms with Gasteiger partial charge in [0.15, 0.2) is 15.7 Å². The second-order valence-corrected chi connectivity index (χ2v) is 8.70. The number of sulfone groups is 1. The SMILES string of the molecule is CCN(c1nncc(NCCc2ccccc2OC)n1)C1CCS(=O)(=O)C1. The van der Waals surface area contributed by atoms with Gasteiger partial charge < -0.3 is 15.0 Å². The Morgan fingerprint density at radius 2 is 2.15 bits per heavy atom. The summed E-state index contributed by atoms with van der Waals surface area (Å²) in [5.74, 6) is 2.31. The molecule has 27 heavy (non-hydrogen) atoms. The Morgan fingerprint density at radius 3 is 2.85 bits per heavy atom. The van der Waals surface area contributed by atoms with Crippen LogP contribution < -0.4 is 15.0 Å². The quantitative estimate of drug-likeness (QED) is 0.724. The minimum absolute atomic E-state index is 0.0920. The van der Waals surface area contributed by atoms with Gasteiger partial charge in [0.05, 0.1) is 24.8 Å². The lowest BCUT2D eigenvalue weighted by Crippen LogP contribution is -2.37. The second kappa shape index (κ2) is 8.51. The zero-order valence-electron chi connectivity index (χ0n) is 15.6. The Balaban J connectivity index is 1.64. The van der Waals surface area contributed by atoms with Crippen molar-refractivity contribution in [2.24, 2.45) is 0 Å². The Kier molecular flexibility index (Phi) is 6.10. The summed E-state index contributed by atoms with van der Waals surface area (Å²) in [4.78, 5) is 6.44. The molecule has 1 aromatic heterocycles. The van der Waals surface area contributed by atoms with Crippen LogP contribution in [0.15, 0.2) is 30.5 Å². The standard InChI is InChI=1S/C18H25N5O3S/c1-3-23(15-9-11-27(24,25)13-15)18-21-17(12-20-22-18)19-10-8-14-6-4-5-7-16(14)26-2/h4-7,12,15H,3,8-11,13H2,1-2H3,(H,19,21,22). The van der Waals surface area contributed by atoms with E-state index in [1.54, 1.807) is 13.3 Å². The van der Waals surface area contributed by atoms with E-state index >= 15 is 0 Å². The third-order valence-electron chi connectivity index (χ3n) is 4.69. The van der Waals surface area contributed by atoms with E-state index in [0.29, 0.717) is 31.3 Å². The van der Waals surface area contributed by atoms with E-state index in [0.717, 1.165) is 17.7 Å². The molecule has 8 nitrogen and oxygen atoms in total. The maximum atomic E-state index is 11.8. The zero-order valence-corrected chi connectivity index (χ0v) is 16.4. The van der Waals surface area contributed by atoms with Crippen LogP contribution >= 0.6 is 0 Å². The van der Waals surface area contributed by atoms with E-state index in [1.807, 2.05) is 36.1 Å². The number of methoxy groups -OCH3 is 1. The van der Waals surface area contributed by atoms with Crippen LogP contribution in [0.25, 0.3) is 0 Å². The average Bonchev–Trinajstić information content (AvgIpc) is 3.02. The fraction of sp³-hybridized carbons (Fsp3) is 0.500. The minimum atomic E-state index is -2.97. The van der Waals surface area contributed by atoms with Crippen LogP contribution in [0.3, 0.4) is 0 Å². The summed E-state index contributed by atoms with van der Waals surface area (Å²) >= 11 is 0. The van der Waals surface area contributed by atoms with Crippen molar-refractivity contribution in [3.63, 3.8) is 0 Å². The number of hydrogen-bond acceptors (Lipinski definition) is 8. The van der Waals surface area contributed by atoms with Gasteiger partial charge in [-0.3, -0.25) is 0 Å². The third-order valence-corrected chi connectivity index (χ3v) is 6.44. The fourth-order valence-electron chi connectivity index (χ4n) is 3.32. The predicted molar refractivity (Wildman–Crippen MR) is 105 cm³/mol. The molecule has 1 aliphatic heterocycles. The number of ether oxygens (including phenoxy) is 1. The number of para-hydroxylation sites is 1. The summed E-state index contributed by atoms with van der Waals surface area (Å²) < 4.78 is 28.9. The summed E-state index contributed by atoms with van der Waals surface area (Å²) in [6, 6.07) is 7.80. The van der Waals surface area contributed by atoms with Gasteiger partial charge in [-0.2, -0.15) is 10.1 Å². The van der Waals surface area contributed by atoms with E-state index in [1.165, 1.54) is 0 Å². The second-order valence-electron chi connectivity index (χ2n) is 6.47. The van der Waals surface area contributed by atoms with Crippen LogP contribution in [0, 0.1) is 0 Å². The van der Waals surface area contributed by atoms with Gasteiger partial charge in [-0.15, -0.1) is 5.10 Å². The summed E-state index contributed by atoms with van der Waals surface area (Å²) in [5, 5.41) is 11.4. The Labute approximate surface area is 159 Å². The van der Waals surface area contributed by atoms with Gasteiger partial charge >= 0.3 is 0 Å². The Hall–Kier alpha value is -2.42. The molecule has 0 saturated carbocycles. The predicted octanol–water partition coefficient (Wildman–Crippen LogP) is 1.55. The lowest BCUT2D eigenvalue weighted by molar-refractivity contribution is 0.410. The molecule has 3 rings (SSSR count). The van der Waals surface area contributed by atoms with Crippen molar-refractivity contribution in [2.75, 3.05) is 41.9 Å². The molecule has 9 heteroatoms. The molecule has 1 unspecified atom stereocenters. The number of rotatable bonds is 8. The van der Waals surface area contributed by atoms with Crippen LogP contribution in [0.2, 0.25) is 0 Å². The number of nitrogens with one attached hydrogen (secondary N) is 1. The number of benzene rings is 1. The molecule has 0 radical (unpaired) electrons. The van der Waals surface area contributed by atoms with Gasteiger partial charge in [-0.1, -0.05) is 18.2 Å². The van der Waals surface area contributed by atoms with Crippen molar-refractivity contribution in [3.05, 3.63) is 36.0 Å². The molecule has 0 spiro atoms. The molecule has 1 atom stereocenters. The molecule has 0 bridgehead atoms. The van der Waals surface area contributed by atoms with Crippen LogP contribution in [0.4, 0.5) is 11.8 Å². The lowest BCUT2D eigenvalue weighted by Gasteiger charge is -2.26. The van der Waals surface area contributed by atoms with Crippen molar-refractivity contribution < 1.29 is 13.2 Å². The maximum absolute atomic E-state index is 11.8. The molecule has 2 heterocycles. The minimum Gasteiger partial charge on any atom is -0.496 e. The first kappa shape index (κ1) is 19.3. The number of nitrogens with zero attached hydrogens (tertiary/aromatic N) is 4. The first-order valence-corrected chi connectivity index (χ1v) is 10.9. The maximum Gasteiger partial charge on any atom is 0.247 e. The van der Waals surface area contributed by atoms with Crippen molar-refractivity contribution >= 4 is 21.6 Å². The van der Waals surface area contributed by atoms with Crippen LogP contribution in [-0.4, -0.2) is 61.3 Å². The highest BCUT2D eigenvalue weighted by molar-refractivity contribution is 7.91. The van der Waals surface area contributed by atoms with Gasteiger partial charge in [-0.05, 0) is 31.4 Å². The van der Waals surface area contributed by atoms with Gasteiger partial charge in [0.25, 0.3) is 0 Å². The normalized spacial score (nSPS) is 18.2. The number of hydrogen-bond donors (Lipinski definition) is 1. The smallest absolute Gasteiger partial charge is 0.247 e. The Morgan fingerprint density at radius 1 is 1.33 bits per heavy atom. The largest absolute Gasteiger partial charge is 0.496 e. The van der Waals surface area contributed by atoms with Gasteiger partial charge in [0.1, 0.15) is 5.75 Å². The van der Waals surface area contributed by atoms with Crippen LogP contribution in [0.1, 0.15) is 18.9 Å². The van der Waals surface area contributed by atoms with Crippen molar-refractivity contribution in [3.8, 4) is 5.75 Å². The Bertz CT molecular complexity index is 875. The van der Waals surface area contributed by atoms with Crippen molar-refractivity contribution in [1.82, 2.24) is 15.2 Å². The summed E-state index contributed by atoms with van der Waals surface area (Å²) in [5.41, 5.74) is 1.11. The lowest BCUT2D eigenvalue weighted by atomic mass is 10.1. The van der Waals surface area contributed by atoms with E-state index in [-0.39, 0.29) is 17.5 Å². The molecule has 0 aliphatic carbocycles. The molecule has 1 saturated heterocycles. The first-order valence-electron chi connectivity index (χ1n) is 9.05. The fourth-order valence-corrected chi connectivity index (χ4v) is 5.05. The van der Waals surface area contributed by atoms with E-state index < -0.39 is 9.84 Å². The van der Waals surface area contributed by atoms with E-state index in [4.69, 9.17) is 4.74 Å². The van der Waals surface area contributed by atoms with Crippen molar-refractivity contribution in [2.45, 2.75) is 25.8 Å². The highest BCUT2D eigenvalue weighted by Crippen LogP contribution is 2.22. The molecule has 2 aromatic rings. The van der Waals surface area contributed by atoms with Gasteiger partial charge in [0.2, 0.25) is 5.95 Å². The molecule has 1 fully saturated rings. The summed E-state index contributed by atoms with van der Waals surface area (Å²) in [6.07, 6.45) is 2.96. The molecule has 1 aromatic carbocycles. The molecular formula is C18H25N5O3S. The molecule has 146 valence electrons. The highest BCUT2D eigenvalue weighted by atomic mass is 32.2. The van der Waals surface area contributed by atoms with Gasteiger partial charge in [-0.25, -0.2) is 8.42 Å². The molecular weight excluding hydrogens is 366 g/mol. The van der Waals surface area contributed by atoms with Crippen LogP contribution in [0.5, 0.6) is 5.75 Å². The summed E-state index contributed by atoms with van der Waals surface area (Å²) in [6.45, 7) is 3.27. The third kappa shape index (κ3) is 4.85. The highest BCUT2D eigenvalue weighted by Gasteiger charge is 2.33. The number of anilines is 2. The first-order chi connectivity index (χ1) is 13.0. The monoisotopic (exact) mass is 391 g/mol. The van der Waals surface area contributed by atoms with E-state index in [9.17, 15) is 8.42 Å². The topological polar surface area (TPSA) is 97.3 Å². The molecule has 1 N–H and O–H groups in total. The van der Waals surface area contributed by atoms with Crippen LogP contribution in [-0.2, 0) is 16.3 Å². The molecule has 0 amide bonds.